The third-order valence-electron chi connectivity index (χ3n) is 5.05. The average Bonchev–Trinajstić information content (AvgIpc) is 3.08. The minimum Gasteiger partial charge on any atom is -0.497 e. The fraction of sp³-hybridized carbons (Fsp3) is 0.350. The Balaban J connectivity index is 2.00. The van der Waals surface area contributed by atoms with Crippen molar-refractivity contribution < 1.29 is 19.2 Å². The van der Waals surface area contributed by atoms with Gasteiger partial charge in [0, 0.05) is 11.0 Å². The van der Waals surface area contributed by atoms with Crippen LogP contribution < -0.4 is 10.1 Å². The first kappa shape index (κ1) is 18.8. The maximum absolute atomic E-state index is 12.0. The molecule has 1 saturated heterocycles. The maximum Gasteiger partial charge on any atom is 0.307 e. The van der Waals surface area contributed by atoms with Gasteiger partial charge in [0.15, 0.2) is 0 Å². The first-order valence-corrected chi connectivity index (χ1v) is 8.70. The van der Waals surface area contributed by atoms with Gasteiger partial charge in [0.2, 0.25) is 6.04 Å². The lowest BCUT2D eigenvalue weighted by atomic mass is 9.84. The molecule has 0 amide bonds. The summed E-state index contributed by atoms with van der Waals surface area (Å²) in [6, 6.07) is 14.6. The highest BCUT2D eigenvalue weighted by molar-refractivity contribution is 5.70. The topological polar surface area (TPSA) is 90.7 Å². The largest absolute Gasteiger partial charge is 0.497 e. The zero-order valence-corrected chi connectivity index (χ0v) is 15.2. The zero-order valence-electron chi connectivity index (χ0n) is 15.2. The van der Waals surface area contributed by atoms with E-state index in [1.807, 2.05) is 42.5 Å². The van der Waals surface area contributed by atoms with Gasteiger partial charge in [0.25, 0.3) is 0 Å². The predicted octanol–water partition coefficient (Wildman–Crippen LogP) is 2.70. The van der Waals surface area contributed by atoms with Crippen LogP contribution in [0.2, 0.25) is 0 Å². The van der Waals surface area contributed by atoms with Crippen LogP contribution in [-0.4, -0.2) is 37.2 Å². The van der Waals surface area contributed by atoms with Crippen LogP contribution in [-0.2, 0) is 9.53 Å². The van der Waals surface area contributed by atoms with Gasteiger partial charge in [0.05, 0.1) is 26.6 Å². The van der Waals surface area contributed by atoms with Crippen LogP contribution >= 0.6 is 0 Å². The summed E-state index contributed by atoms with van der Waals surface area (Å²) in [5, 5.41) is 15.3. The summed E-state index contributed by atoms with van der Waals surface area (Å²) in [5.74, 6) is -0.168. The second-order valence-electron chi connectivity index (χ2n) is 6.52. The van der Waals surface area contributed by atoms with E-state index >= 15 is 0 Å². The Morgan fingerprint density at radius 2 is 1.74 bits per heavy atom. The smallest absolute Gasteiger partial charge is 0.307 e. The minimum atomic E-state index is -0.907. The lowest BCUT2D eigenvalue weighted by Gasteiger charge is -2.20. The van der Waals surface area contributed by atoms with Gasteiger partial charge in [-0.25, -0.2) is 0 Å². The van der Waals surface area contributed by atoms with Gasteiger partial charge in [0.1, 0.15) is 11.8 Å². The van der Waals surface area contributed by atoms with Crippen LogP contribution in [0, 0.1) is 10.1 Å². The summed E-state index contributed by atoms with van der Waals surface area (Å²) in [4.78, 5) is 23.7. The molecule has 2 aromatic carbocycles. The Bertz CT molecular complexity index is 794. The van der Waals surface area contributed by atoms with Crippen LogP contribution in [0.25, 0.3) is 0 Å². The molecule has 4 unspecified atom stereocenters. The van der Waals surface area contributed by atoms with Crippen molar-refractivity contribution in [3.05, 3.63) is 75.8 Å². The van der Waals surface area contributed by atoms with Gasteiger partial charge in [-0.3, -0.25) is 20.2 Å². The van der Waals surface area contributed by atoms with Gasteiger partial charge >= 0.3 is 5.97 Å². The van der Waals surface area contributed by atoms with Gasteiger partial charge in [-0.15, -0.1) is 0 Å². The molecule has 4 atom stereocenters. The van der Waals surface area contributed by atoms with Gasteiger partial charge in [-0.2, -0.15) is 0 Å². The number of methoxy groups -OCH3 is 2. The number of esters is 1. The Morgan fingerprint density at radius 1 is 1.07 bits per heavy atom. The maximum atomic E-state index is 12.0. The van der Waals surface area contributed by atoms with Crippen molar-refractivity contribution >= 4 is 5.97 Å². The summed E-state index contributed by atoms with van der Waals surface area (Å²) >= 11 is 0. The van der Waals surface area contributed by atoms with E-state index in [1.165, 1.54) is 7.11 Å². The molecule has 0 radical (unpaired) electrons. The molecule has 0 spiro atoms. The Morgan fingerprint density at radius 3 is 2.30 bits per heavy atom. The van der Waals surface area contributed by atoms with Gasteiger partial charge in [-0.1, -0.05) is 42.5 Å². The Hall–Kier alpha value is -2.93. The molecule has 1 aliphatic rings. The molecule has 3 rings (SSSR count). The second kappa shape index (κ2) is 8.18. The van der Waals surface area contributed by atoms with E-state index < -0.39 is 30.0 Å². The predicted molar refractivity (Wildman–Crippen MR) is 99.3 cm³/mol. The third kappa shape index (κ3) is 3.93. The van der Waals surface area contributed by atoms with E-state index in [1.54, 1.807) is 19.2 Å². The number of nitro groups is 1. The van der Waals surface area contributed by atoms with Crippen LogP contribution in [0.3, 0.4) is 0 Å². The van der Waals surface area contributed by atoms with E-state index in [0.29, 0.717) is 5.75 Å². The minimum absolute atomic E-state index is 0.0626. The quantitative estimate of drug-likeness (QED) is 0.478. The highest BCUT2D eigenvalue weighted by Gasteiger charge is 2.52. The fourth-order valence-corrected chi connectivity index (χ4v) is 3.79. The molecule has 7 heteroatoms. The highest BCUT2D eigenvalue weighted by Crippen LogP contribution is 2.41. The van der Waals surface area contributed by atoms with Crippen LogP contribution in [0.4, 0.5) is 0 Å². The number of hydrogen-bond donors (Lipinski definition) is 1. The number of carbonyl (C=O) groups is 1. The van der Waals surface area contributed by atoms with E-state index in [9.17, 15) is 14.9 Å². The number of nitrogens with zero attached hydrogens (tertiary/aromatic N) is 1. The molecule has 0 aliphatic carbocycles. The van der Waals surface area contributed by atoms with Crippen molar-refractivity contribution in [1.82, 2.24) is 5.32 Å². The SMILES string of the molecule is COC(=O)CC1NC(c2ccc(OC)cc2)C([N+](=O)[O-])C1c1ccccc1. The first-order valence-electron chi connectivity index (χ1n) is 8.70. The Labute approximate surface area is 157 Å². The molecule has 0 bridgehead atoms. The van der Waals surface area contributed by atoms with E-state index in [4.69, 9.17) is 9.47 Å². The number of hydrogen-bond acceptors (Lipinski definition) is 6. The molecule has 27 heavy (non-hydrogen) atoms. The summed E-state index contributed by atoms with van der Waals surface area (Å²) < 4.78 is 9.97. The molecule has 1 aliphatic heterocycles. The third-order valence-corrected chi connectivity index (χ3v) is 5.05. The zero-order chi connectivity index (χ0) is 19.4. The van der Waals surface area contributed by atoms with Crippen LogP contribution in [0.15, 0.2) is 54.6 Å². The van der Waals surface area contributed by atoms with Crippen LogP contribution in [0.5, 0.6) is 5.75 Å². The standard InChI is InChI=1S/C20H22N2O5/c1-26-15-10-8-14(9-11-15)19-20(22(24)25)18(13-6-4-3-5-7-13)16(21-19)12-17(23)27-2/h3-11,16,18-21H,12H2,1-2H3. The van der Waals surface area contributed by atoms with E-state index in [0.717, 1.165) is 11.1 Å². The lowest BCUT2D eigenvalue weighted by molar-refractivity contribution is -0.527. The van der Waals surface area contributed by atoms with Gasteiger partial charge < -0.3 is 9.47 Å². The summed E-state index contributed by atoms with van der Waals surface area (Å²) in [6.07, 6.45) is 0.0626. The molecule has 1 fully saturated rings. The second-order valence-corrected chi connectivity index (χ2v) is 6.52. The number of nitrogens with one attached hydrogen (secondary N) is 1. The van der Waals surface area contributed by atoms with E-state index in [2.05, 4.69) is 5.32 Å². The number of carbonyl (C=O) groups excluding carboxylic acids is 1. The molecule has 2 aromatic rings. The average molecular weight is 370 g/mol. The Kier molecular flexibility index (Phi) is 5.71. The first-order chi connectivity index (χ1) is 13.0. The summed E-state index contributed by atoms with van der Waals surface area (Å²) in [5.41, 5.74) is 1.61. The van der Waals surface area contributed by atoms with E-state index in [-0.39, 0.29) is 11.3 Å². The molecule has 7 nitrogen and oxygen atoms in total. The number of rotatable bonds is 6. The monoisotopic (exact) mass is 370 g/mol. The van der Waals surface area contributed by atoms with Crippen molar-refractivity contribution in [2.75, 3.05) is 14.2 Å². The lowest BCUT2D eigenvalue weighted by Crippen LogP contribution is -2.31. The van der Waals surface area contributed by atoms with Crippen molar-refractivity contribution in [3.8, 4) is 5.75 Å². The fourth-order valence-electron chi connectivity index (χ4n) is 3.79. The molecular weight excluding hydrogens is 348 g/mol. The molecule has 0 aromatic heterocycles. The van der Waals surface area contributed by atoms with Crippen molar-refractivity contribution in [2.45, 2.75) is 30.5 Å². The number of ether oxygens (including phenoxy) is 2. The molecule has 1 N–H and O–H groups in total. The summed E-state index contributed by atoms with van der Waals surface area (Å²) in [6.45, 7) is 0. The highest BCUT2D eigenvalue weighted by atomic mass is 16.6. The van der Waals surface area contributed by atoms with Gasteiger partial charge in [-0.05, 0) is 23.3 Å². The van der Waals surface area contributed by atoms with Crippen LogP contribution in [0.1, 0.15) is 29.5 Å². The summed E-state index contributed by atoms with van der Waals surface area (Å²) in [7, 11) is 2.89. The van der Waals surface area contributed by atoms with Crippen molar-refractivity contribution in [3.63, 3.8) is 0 Å². The molecule has 0 saturated carbocycles. The molecule has 1 heterocycles. The molecule has 142 valence electrons. The molecular formula is C20H22N2O5. The number of benzene rings is 2. The normalized spacial score (nSPS) is 24.4. The van der Waals surface area contributed by atoms with Crippen molar-refractivity contribution in [2.24, 2.45) is 0 Å². The van der Waals surface area contributed by atoms with Crippen molar-refractivity contribution in [1.29, 1.82) is 0 Å².